The SMILES string of the molecule is CCCC[C@H](c1ccc(C(=O)NCc2nn[nH]n2)cc1)N1C(=O)C(c2ccc(-c3ccc(Cl)c(F)c3)c(F)c2)=NC12CCC(C(C)(C)C)CC2. The maximum absolute atomic E-state index is 15.7. The first-order valence-electron chi connectivity index (χ1n) is 17.2. The number of nitrogens with zero attached hydrogens (tertiary/aromatic N) is 5. The molecule has 1 aromatic heterocycles. The molecule has 12 heteroatoms. The summed E-state index contributed by atoms with van der Waals surface area (Å²) in [4.78, 5) is 34.7. The third-order valence-corrected chi connectivity index (χ3v) is 10.5. The minimum absolute atomic E-state index is 0.0423. The zero-order valence-corrected chi connectivity index (χ0v) is 29.5. The average molecular weight is 702 g/mol. The van der Waals surface area contributed by atoms with Gasteiger partial charge in [-0.2, -0.15) is 5.21 Å². The van der Waals surface area contributed by atoms with Crippen molar-refractivity contribution in [1.29, 1.82) is 0 Å². The van der Waals surface area contributed by atoms with Gasteiger partial charge in [-0.3, -0.25) is 14.6 Å². The van der Waals surface area contributed by atoms with E-state index in [2.05, 4.69) is 53.6 Å². The molecule has 0 saturated heterocycles. The summed E-state index contributed by atoms with van der Waals surface area (Å²) < 4.78 is 29.9. The molecule has 1 aliphatic heterocycles. The van der Waals surface area contributed by atoms with Crippen molar-refractivity contribution in [3.63, 3.8) is 0 Å². The number of tetrazole rings is 1. The molecule has 262 valence electrons. The van der Waals surface area contributed by atoms with Gasteiger partial charge in [-0.15, -0.1) is 10.2 Å². The predicted octanol–water partition coefficient (Wildman–Crippen LogP) is 8.22. The highest BCUT2D eigenvalue weighted by Gasteiger charge is 2.52. The molecule has 1 fully saturated rings. The fraction of sp³-hybridized carbons (Fsp3) is 0.421. The van der Waals surface area contributed by atoms with Gasteiger partial charge in [-0.05, 0) is 84.9 Å². The Kier molecular flexibility index (Phi) is 10.2. The number of hydrogen-bond acceptors (Lipinski definition) is 6. The first kappa shape index (κ1) is 35.3. The third kappa shape index (κ3) is 7.19. The minimum Gasteiger partial charge on any atom is -0.345 e. The number of nitrogens with one attached hydrogen (secondary N) is 2. The molecule has 1 aliphatic carbocycles. The molecule has 1 saturated carbocycles. The highest BCUT2D eigenvalue weighted by molar-refractivity contribution is 6.46. The Labute approximate surface area is 295 Å². The summed E-state index contributed by atoms with van der Waals surface area (Å²) in [6, 6.07) is 15.7. The fourth-order valence-electron chi connectivity index (χ4n) is 7.31. The zero-order valence-electron chi connectivity index (χ0n) is 28.8. The summed E-state index contributed by atoms with van der Waals surface area (Å²) in [5, 5.41) is 16.4. The zero-order chi connectivity index (χ0) is 35.6. The summed E-state index contributed by atoms with van der Waals surface area (Å²) in [5.74, 6) is -0.899. The summed E-state index contributed by atoms with van der Waals surface area (Å²) in [6.45, 7) is 9.01. The molecule has 50 heavy (non-hydrogen) atoms. The van der Waals surface area contributed by atoms with Gasteiger partial charge in [-0.1, -0.05) is 87.7 Å². The molecule has 2 N–H and O–H groups in total. The average Bonchev–Trinajstić information content (AvgIpc) is 3.72. The Morgan fingerprint density at radius 1 is 1.04 bits per heavy atom. The molecular weight excluding hydrogens is 660 g/mol. The lowest BCUT2D eigenvalue weighted by molar-refractivity contribution is -0.133. The maximum atomic E-state index is 15.7. The van der Waals surface area contributed by atoms with Crippen LogP contribution in [0.2, 0.25) is 5.02 Å². The maximum Gasteiger partial charge on any atom is 0.275 e. The van der Waals surface area contributed by atoms with E-state index in [1.165, 1.54) is 18.2 Å². The van der Waals surface area contributed by atoms with Gasteiger partial charge in [-0.25, -0.2) is 8.78 Å². The molecule has 1 spiro atoms. The number of rotatable bonds is 10. The number of halogens is 3. The van der Waals surface area contributed by atoms with Gasteiger partial charge >= 0.3 is 0 Å². The van der Waals surface area contributed by atoms with E-state index >= 15 is 4.39 Å². The van der Waals surface area contributed by atoms with Crippen LogP contribution >= 0.6 is 11.6 Å². The van der Waals surface area contributed by atoms with Crippen LogP contribution in [0.1, 0.15) is 106 Å². The number of aromatic nitrogens is 4. The lowest BCUT2D eigenvalue weighted by Gasteiger charge is -2.47. The van der Waals surface area contributed by atoms with Crippen molar-refractivity contribution < 1.29 is 18.4 Å². The van der Waals surface area contributed by atoms with E-state index in [-0.39, 0.29) is 46.1 Å². The molecule has 2 amide bonds. The lowest BCUT2D eigenvalue weighted by atomic mass is 9.69. The summed E-state index contributed by atoms with van der Waals surface area (Å²) in [6.07, 6.45) is 5.69. The number of carbonyl (C=O) groups excluding carboxylic acids is 2. The lowest BCUT2D eigenvalue weighted by Crippen LogP contribution is -2.51. The van der Waals surface area contributed by atoms with Crippen molar-refractivity contribution in [1.82, 2.24) is 30.8 Å². The number of amides is 2. The number of aromatic amines is 1. The van der Waals surface area contributed by atoms with E-state index in [0.29, 0.717) is 47.7 Å². The van der Waals surface area contributed by atoms with Gasteiger partial charge in [0.1, 0.15) is 23.0 Å². The van der Waals surface area contributed by atoms with Gasteiger partial charge in [0.05, 0.1) is 17.6 Å². The summed E-state index contributed by atoms with van der Waals surface area (Å²) in [5.41, 5.74) is 1.86. The molecule has 2 heterocycles. The van der Waals surface area contributed by atoms with E-state index in [4.69, 9.17) is 16.6 Å². The van der Waals surface area contributed by atoms with Crippen LogP contribution in [-0.4, -0.2) is 48.7 Å². The molecular formula is C38H42ClF2N7O2. The monoisotopic (exact) mass is 701 g/mol. The topological polar surface area (TPSA) is 116 Å². The molecule has 6 rings (SSSR count). The van der Waals surface area contributed by atoms with Crippen LogP contribution < -0.4 is 5.32 Å². The van der Waals surface area contributed by atoms with E-state index in [9.17, 15) is 14.0 Å². The van der Waals surface area contributed by atoms with Gasteiger partial charge in [0.2, 0.25) is 0 Å². The molecule has 0 bridgehead atoms. The number of unbranched alkanes of at least 4 members (excludes halogenated alkanes) is 1. The number of aliphatic imine (C=N–C) groups is 1. The molecule has 1 atom stereocenters. The van der Waals surface area contributed by atoms with Crippen molar-refractivity contribution in [2.75, 3.05) is 0 Å². The molecule has 2 aliphatic rings. The van der Waals surface area contributed by atoms with E-state index in [0.717, 1.165) is 31.2 Å². The Morgan fingerprint density at radius 2 is 1.74 bits per heavy atom. The highest BCUT2D eigenvalue weighted by atomic mass is 35.5. The second kappa shape index (κ2) is 14.4. The van der Waals surface area contributed by atoms with E-state index in [1.54, 1.807) is 30.3 Å². The van der Waals surface area contributed by atoms with E-state index < -0.39 is 17.3 Å². The van der Waals surface area contributed by atoms with Crippen molar-refractivity contribution >= 4 is 29.1 Å². The van der Waals surface area contributed by atoms with Gasteiger partial charge < -0.3 is 10.2 Å². The smallest absolute Gasteiger partial charge is 0.275 e. The second-order valence-corrected chi connectivity index (χ2v) is 14.8. The van der Waals surface area contributed by atoms with Crippen molar-refractivity contribution in [2.45, 2.75) is 90.9 Å². The first-order chi connectivity index (χ1) is 23.9. The standard InChI is InChI=1S/C38H42ClF2N7O2/c1-5-6-7-32(23-8-10-24(11-9-23)35(49)42-22-33-44-46-47-45-33)48-36(50)34(43-38(48)18-16-27(17-19-38)37(2,3)4)26-12-14-28(30(40)21-26)25-13-15-29(39)31(41)20-25/h8-15,20-21,27,32H,5-7,16-19,22H2,1-4H3,(H,42,49)(H,44,45,46,47)/t27?,32-,38?/m1/s1. The normalized spacial score (nSPS) is 19.9. The Bertz CT molecular complexity index is 1880. The quantitative estimate of drug-likeness (QED) is 0.173. The van der Waals surface area contributed by atoms with Crippen LogP contribution in [-0.2, 0) is 11.3 Å². The third-order valence-electron chi connectivity index (χ3n) is 10.2. The van der Waals surface area contributed by atoms with Crippen LogP contribution in [0.5, 0.6) is 0 Å². The number of H-pyrrole nitrogens is 1. The second-order valence-electron chi connectivity index (χ2n) is 14.4. The van der Waals surface area contributed by atoms with Crippen LogP contribution in [0.3, 0.4) is 0 Å². The molecule has 0 unspecified atom stereocenters. The number of hydrogen-bond donors (Lipinski definition) is 2. The van der Waals surface area contributed by atoms with Gasteiger partial charge in [0, 0.05) is 16.7 Å². The van der Waals surface area contributed by atoms with Crippen LogP contribution in [0, 0.1) is 23.0 Å². The molecule has 4 aromatic rings. The largest absolute Gasteiger partial charge is 0.345 e. The molecule has 3 aromatic carbocycles. The van der Waals surface area contributed by atoms with Crippen LogP contribution in [0.25, 0.3) is 11.1 Å². The number of benzene rings is 3. The Balaban J connectivity index is 1.34. The van der Waals surface area contributed by atoms with Gasteiger partial charge in [0.25, 0.3) is 11.8 Å². The van der Waals surface area contributed by atoms with E-state index in [1.807, 2.05) is 17.0 Å². The predicted molar refractivity (Wildman–Crippen MR) is 188 cm³/mol. The van der Waals surface area contributed by atoms with Crippen molar-refractivity contribution in [3.05, 3.63) is 99.8 Å². The number of carbonyl (C=O) groups is 2. The summed E-state index contributed by atoms with van der Waals surface area (Å²) in [7, 11) is 0. The fourth-order valence-corrected chi connectivity index (χ4v) is 7.43. The Morgan fingerprint density at radius 3 is 2.36 bits per heavy atom. The summed E-state index contributed by atoms with van der Waals surface area (Å²) >= 11 is 5.86. The Hall–Kier alpha value is -4.51. The van der Waals surface area contributed by atoms with Crippen molar-refractivity contribution in [3.8, 4) is 11.1 Å². The molecule has 0 radical (unpaired) electrons. The first-order valence-corrected chi connectivity index (χ1v) is 17.6. The molecule has 9 nitrogen and oxygen atoms in total. The highest BCUT2D eigenvalue weighted by Crippen LogP contribution is 2.50. The minimum atomic E-state index is -0.790. The van der Waals surface area contributed by atoms with Gasteiger partial charge in [0.15, 0.2) is 5.82 Å². The van der Waals surface area contributed by atoms with Crippen molar-refractivity contribution in [2.24, 2.45) is 16.3 Å². The van der Waals surface area contributed by atoms with Crippen LogP contribution in [0.4, 0.5) is 8.78 Å². The van der Waals surface area contributed by atoms with Crippen LogP contribution in [0.15, 0.2) is 65.7 Å².